The molecular weight excluding hydrogens is 212 g/mol. The van der Waals surface area contributed by atoms with E-state index in [4.69, 9.17) is 5.73 Å². The molecule has 3 N–H and O–H groups in total. The first-order valence-electron chi connectivity index (χ1n) is 5.98. The Labute approximate surface area is 103 Å². The third-order valence-corrected chi connectivity index (χ3v) is 2.61. The van der Waals surface area contributed by atoms with E-state index in [2.05, 4.69) is 5.32 Å². The van der Waals surface area contributed by atoms with Crippen LogP contribution in [0.1, 0.15) is 37.8 Å². The van der Waals surface area contributed by atoms with Crippen molar-refractivity contribution in [1.29, 1.82) is 0 Å². The average molecular weight is 234 g/mol. The van der Waals surface area contributed by atoms with Crippen molar-refractivity contribution in [3.8, 4) is 0 Å². The van der Waals surface area contributed by atoms with E-state index in [-0.39, 0.29) is 11.4 Å². The van der Waals surface area contributed by atoms with Gasteiger partial charge in [0.25, 0.3) is 0 Å². The van der Waals surface area contributed by atoms with Crippen molar-refractivity contribution in [3.05, 3.63) is 35.4 Å². The SMILES string of the molecule is Cc1ccc(CNC(=O)CCC(C)(C)N)cc1. The van der Waals surface area contributed by atoms with Gasteiger partial charge in [-0.1, -0.05) is 29.8 Å². The Kier molecular flexibility index (Phi) is 4.70. The molecule has 0 fully saturated rings. The minimum absolute atomic E-state index is 0.0594. The van der Waals surface area contributed by atoms with Crippen molar-refractivity contribution in [2.45, 2.75) is 45.7 Å². The summed E-state index contributed by atoms with van der Waals surface area (Å²) in [4.78, 5) is 11.6. The highest BCUT2D eigenvalue weighted by Gasteiger charge is 2.12. The van der Waals surface area contributed by atoms with Crippen molar-refractivity contribution in [2.75, 3.05) is 0 Å². The number of nitrogens with two attached hydrogens (primary N) is 1. The monoisotopic (exact) mass is 234 g/mol. The van der Waals surface area contributed by atoms with Gasteiger partial charge in [0.05, 0.1) is 0 Å². The Morgan fingerprint density at radius 2 is 1.88 bits per heavy atom. The van der Waals surface area contributed by atoms with Crippen LogP contribution in [0.4, 0.5) is 0 Å². The maximum atomic E-state index is 11.6. The van der Waals surface area contributed by atoms with E-state index < -0.39 is 0 Å². The minimum Gasteiger partial charge on any atom is -0.352 e. The van der Waals surface area contributed by atoms with Crippen LogP contribution in [0.2, 0.25) is 0 Å². The van der Waals surface area contributed by atoms with Gasteiger partial charge in [0.1, 0.15) is 0 Å². The highest BCUT2D eigenvalue weighted by atomic mass is 16.1. The van der Waals surface area contributed by atoms with Crippen LogP contribution in [0.3, 0.4) is 0 Å². The molecule has 1 aromatic carbocycles. The Morgan fingerprint density at radius 3 is 2.41 bits per heavy atom. The van der Waals surface area contributed by atoms with E-state index in [9.17, 15) is 4.79 Å². The quantitative estimate of drug-likeness (QED) is 0.820. The van der Waals surface area contributed by atoms with E-state index >= 15 is 0 Å². The molecule has 94 valence electrons. The fraction of sp³-hybridized carbons (Fsp3) is 0.500. The molecule has 0 aliphatic carbocycles. The van der Waals surface area contributed by atoms with E-state index in [0.29, 0.717) is 19.4 Å². The van der Waals surface area contributed by atoms with Gasteiger partial charge in [-0.3, -0.25) is 4.79 Å². The molecule has 0 aromatic heterocycles. The topological polar surface area (TPSA) is 55.1 Å². The molecule has 0 heterocycles. The first-order valence-corrected chi connectivity index (χ1v) is 5.98. The second kappa shape index (κ2) is 5.82. The minimum atomic E-state index is -0.277. The molecule has 0 saturated heterocycles. The van der Waals surface area contributed by atoms with Gasteiger partial charge in [0.15, 0.2) is 0 Å². The highest BCUT2D eigenvalue weighted by molar-refractivity contribution is 5.75. The summed E-state index contributed by atoms with van der Waals surface area (Å²) in [6, 6.07) is 8.15. The summed E-state index contributed by atoms with van der Waals surface area (Å²) in [6.45, 7) is 6.50. The van der Waals surface area contributed by atoms with Gasteiger partial charge in [-0.25, -0.2) is 0 Å². The van der Waals surface area contributed by atoms with Crippen LogP contribution in [0.5, 0.6) is 0 Å². The van der Waals surface area contributed by atoms with E-state index in [1.165, 1.54) is 5.56 Å². The molecule has 3 heteroatoms. The van der Waals surface area contributed by atoms with Crippen molar-refractivity contribution in [2.24, 2.45) is 5.73 Å². The maximum absolute atomic E-state index is 11.6. The van der Waals surface area contributed by atoms with E-state index in [1.807, 2.05) is 45.0 Å². The lowest BCUT2D eigenvalue weighted by Crippen LogP contribution is -2.34. The number of carbonyl (C=O) groups is 1. The van der Waals surface area contributed by atoms with Crippen molar-refractivity contribution in [1.82, 2.24) is 5.32 Å². The fourth-order valence-electron chi connectivity index (χ4n) is 1.43. The van der Waals surface area contributed by atoms with Crippen molar-refractivity contribution >= 4 is 5.91 Å². The lowest BCUT2D eigenvalue weighted by atomic mass is 10.00. The molecule has 0 bridgehead atoms. The molecule has 0 aliphatic rings. The predicted molar refractivity (Wildman–Crippen MR) is 70.5 cm³/mol. The van der Waals surface area contributed by atoms with Gasteiger partial charge >= 0.3 is 0 Å². The zero-order valence-electron chi connectivity index (χ0n) is 10.9. The summed E-state index contributed by atoms with van der Waals surface area (Å²) in [5.41, 5.74) is 7.90. The average Bonchev–Trinajstić information content (AvgIpc) is 2.25. The van der Waals surface area contributed by atoms with E-state index in [0.717, 1.165) is 5.56 Å². The van der Waals surface area contributed by atoms with Gasteiger partial charge in [-0.2, -0.15) is 0 Å². The molecule has 1 aromatic rings. The van der Waals surface area contributed by atoms with Crippen LogP contribution >= 0.6 is 0 Å². The number of rotatable bonds is 5. The first-order chi connectivity index (χ1) is 7.87. The van der Waals surface area contributed by atoms with Crippen LogP contribution < -0.4 is 11.1 Å². The lowest BCUT2D eigenvalue weighted by Gasteiger charge is -2.17. The summed E-state index contributed by atoms with van der Waals surface area (Å²) >= 11 is 0. The van der Waals surface area contributed by atoms with Crippen LogP contribution in [0.25, 0.3) is 0 Å². The summed E-state index contributed by atoms with van der Waals surface area (Å²) in [5.74, 6) is 0.0594. The number of aryl methyl sites for hydroxylation is 1. The number of hydrogen-bond donors (Lipinski definition) is 2. The molecule has 17 heavy (non-hydrogen) atoms. The predicted octanol–water partition coefficient (Wildman–Crippen LogP) is 2.13. The van der Waals surface area contributed by atoms with Crippen LogP contribution in [0.15, 0.2) is 24.3 Å². The normalized spacial score (nSPS) is 11.3. The highest BCUT2D eigenvalue weighted by Crippen LogP contribution is 2.07. The first kappa shape index (κ1) is 13.7. The van der Waals surface area contributed by atoms with Crippen LogP contribution in [-0.4, -0.2) is 11.4 Å². The summed E-state index contributed by atoms with van der Waals surface area (Å²) in [6.07, 6.45) is 1.18. The molecule has 0 radical (unpaired) electrons. The standard InChI is InChI=1S/C14H22N2O/c1-11-4-6-12(7-5-11)10-16-13(17)8-9-14(2,3)15/h4-7H,8-10,15H2,1-3H3,(H,16,17). The van der Waals surface area contributed by atoms with Gasteiger partial charge in [0, 0.05) is 18.5 Å². The number of nitrogens with one attached hydrogen (secondary N) is 1. The number of amides is 1. The molecule has 0 atom stereocenters. The Morgan fingerprint density at radius 1 is 1.29 bits per heavy atom. The summed E-state index contributed by atoms with van der Waals surface area (Å²) in [7, 11) is 0. The second-order valence-corrected chi connectivity index (χ2v) is 5.25. The Hall–Kier alpha value is -1.35. The lowest BCUT2D eigenvalue weighted by molar-refractivity contribution is -0.121. The van der Waals surface area contributed by atoms with Crippen molar-refractivity contribution < 1.29 is 4.79 Å². The Bertz CT molecular complexity index is 363. The third kappa shape index (κ3) is 6.07. The van der Waals surface area contributed by atoms with Gasteiger partial charge in [-0.15, -0.1) is 0 Å². The molecule has 1 amide bonds. The van der Waals surface area contributed by atoms with Crippen LogP contribution in [-0.2, 0) is 11.3 Å². The third-order valence-electron chi connectivity index (χ3n) is 2.61. The number of carbonyl (C=O) groups excluding carboxylic acids is 1. The smallest absolute Gasteiger partial charge is 0.220 e. The van der Waals surface area contributed by atoms with Gasteiger partial charge in [0.2, 0.25) is 5.91 Å². The summed E-state index contributed by atoms with van der Waals surface area (Å²) in [5, 5.41) is 2.90. The zero-order valence-corrected chi connectivity index (χ0v) is 10.9. The van der Waals surface area contributed by atoms with Crippen molar-refractivity contribution in [3.63, 3.8) is 0 Å². The molecule has 0 aliphatic heterocycles. The molecule has 0 saturated carbocycles. The number of benzene rings is 1. The van der Waals surface area contributed by atoms with Gasteiger partial charge in [-0.05, 0) is 32.8 Å². The molecule has 0 spiro atoms. The molecule has 1 rings (SSSR count). The largest absolute Gasteiger partial charge is 0.352 e. The molecular formula is C14H22N2O. The molecule has 0 unspecified atom stereocenters. The maximum Gasteiger partial charge on any atom is 0.220 e. The Balaban J connectivity index is 2.31. The van der Waals surface area contributed by atoms with E-state index in [1.54, 1.807) is 0 Å². The second-order valence-electron chi connectivity index (χ2n) is 5.25. The summed E-state index contributed by atoms with van der Waals surface area (Å²) < 4.78 is 0. The molecule has 3 nitrogen and oxygen atoms in total. The van der Waals surface area contributed by atoms with Gasteiger partial charge < -0.3 is 11.1 Å². The number of hydrogen-bond acceptors (Lipinski definition) is 2. The fourth-order valence-corrected chi connectivity index (χ4v) is 1.43. The zero-order chi connectivity index (χ0) is 12.9. The van der Waals surface area contributed by atoms with Crippen LogP contribution in [0, 0.1) is 6.92 Å².